The van der Waals surface area contributed by atoms with E-state index >= 15 is 0 Å². The summed E-state index contributed by atoms with van der Waals surface area (Å²) >= 11 is 1.44. The first kappa shape index (κ1) is 18.2. The van der Waals surface area contributed by atoms with Crippen molar-refractivity contribution in [1.82, 2.24) is 10.6 Å². The van der Waals surface area contributed by atoms with Crippen molar-refractivity contribution < 1.29 is 9.18 Å². The van der Waals surface area contributed by atoms with Crippen molar-refractivity contribution in [2.45, 2.75) is 26.2 Å². The van der Waals surface area contributed by atoms with E-state index in [1.165, 1.54) is 36.3 Å². The van der Waals surface area contributed by atoms with E-state index in [4.69, 9.17) is 0 Å². The summed E-state index contributed by atoms with van der Waals surface area (Å²) in [5.74, 6) is 0.361. The van der Waals surface area contributed by atoms with Crippen LogP contribution in [-0.4, -0.2) is 25.5 Å². The number of fused-ring (bicyclic) bond motifs is 1. The molecule has 2 aromatic rings. The number of rotatable bonds is 4. The number of hydrogen-bond acceptors (Lipinski definition) is 3. The van der Waals surface area contributed by atoms with Crippen LogP contribution in [0.25, 0.3) is 10.1 Å². The number of amides is 1. The lowest BCUT2D eigenvalue weighted by atomic mass is 9.96. The van der Waals surface area contributed by atoms with Gasteiger partial charge in [0.1, 0.15) is 5.82 Å². The van der Waals surface area contributed by atoms with Crippen molar-refractivity contribution in [2.24, 2.45) is 5.92 Å². The number of piperidine rings is 1. The minimum atomic E-state index is -0.259. The zero-order chi connectivity index (χ0) is 15.5. The van der Waals surface area contributed by atoms with Crippen LogP contribution in [0.15, 0.2) is 18.2 Å². The molecule has 1 saturated heterocycles. The molecule has 1 atom stereocenters. The largest absolute Gasteiger partial charge is 0.351 e. The van der Waals surface area contributed by atoms with Crippen LogP contribution in [0.4, 0.5) is 4.39 Å². The zero-order valence-electron chi connectivity index (χ0n) is 13.2. The van der Waals surface area contributed by atoms with Crippen LogP contribution in [0, 0.1) is 18.7 Å². The van der Waals surface area contributed by atoms with E-state index < -0.39 is 0 Å². The molecule has 3 rings (SSSR count). The van der Waals surface area contributed by atoms with Gasteiger partial charge < -0.3 is 10.6 Å². The van der Waals surface area contributed by atoms with Crippen LogP contribution in [0.3, 0.4) is 0 Å². The van der Waals surface area contributed by atoms with Gasteiger partial charge in [-0.3, -0.25) is 4.79 Å². The Bertz CT molecular complexity index is 683. The maximum absolute atomic E-state index is 13.3. The van der Waals surface area contributed by atoms with Gasteiger partial charge in [-0.1, -0.05) is 0 Å². The molecule has 126 valence electrons. The molecular formula is C17H22ClFN2OS. The maximum Gasteiger partial charge on any atom is 0.261 e. The summed E-state index contributed by atoms with van der Waals surface area (Å²) < 4.78 is 14.3. The Kier molecular flexibility index (Phi) is 6.39. The fourth-order valence-corrected chi connectivity index (χ4v) is 4.16. The van der Waals surface area contributed by atoms with Gasteiger partial charge >= 0.3 is 0 Å². The molecule has 1 aromatic heterocycles. The Morgan fingerprint density at radius 1 is 1.48 bits per heavy atom. The van der Waals surface area contributed by atoms with Crippen LogP contribution in [0.5, 0.6) is 0 Å². The third kappa shape index (κ3) is 4.22. The number of aryl methyl sites for hydroxylation is 1. The smallest absolute Gasteiger partial charge is 0.261 e. The van der Waals surface area contributed by atoms with Crippen LogP contribution in [0.1, 0.15) is 34.5 Å². The number of nitrogens with one attached hydrogen (secondary N) is 2. The van der Waals surface area contributed by atoms with Crippen LogP contribution in [-0.2, 0) is 0 Å². The van der Waals surface area contributed by atoms with E-state index in [0.29, 0.717) is 17.3 Å². The number of carbonyl (C=O) groups is 1. The van der Waals surface area contributed by atoms with Gasteiger partial charge in [0.2, 0.25) is 0 Å². The van der Waals surface area contributed by atoms with Crippen LogP contribution >= 0.6 is 23.7 Å². The van der Waals surface area contributed by atoms with E-state index in [1.54, 1.807) is 6.07 Å². The lowest BCUT2D eigenvalue weighted by Gasteiger charge is -2.22. The van der Waals surface area contributed by atoms with Gasteiger partial charge in [0.25, 0.3) is 5.91 Å². The fourth-order valence-electron chi connectivity index (χ4n) is 3.05. The molecule has 0 spiro atoms. The molecule has 0 radical (unpaired) electrons. The predicted octanol–water partition coefficient (Wildman–Crippen LogP) is 3.89. The summed E-state index contributed by atoms with van der Waals surface area (Å²) in [5, 5.41) is 7.24. The molecule has 3 nitrogen and oxygen atoms in total. The standard InChI is InChI=1S/C17H21FN2OS.ClH/c1-11-14-9-13(18)4-5-15(14)22-16(11)17(21)20-8-6-12-3-2-7-19-10-12;/h4-5,9,12,19H,2-3,6-8,10H2,1H3,(H,20,21);1H. The highest BCUT2D eigenvalue weighted by atomic mass is 35.5. The van der Waals surface area contributed by atoms with Gasteiger partial charge in [-0.15, -0.1) is 23.7 Å². The molecule has 0 saturated carbocycles. The quantitative estimate of drug-likeness (QED) is 0.872. The summed E-state index contributed by atoms with van der Waals surface area (Å²) in [5.41, 5.74) is 0.872. The Balaban J connectivity index is 0.00000192. The highest BCUT2D eigenvalue weighted by Crippen LogP contribution is 2.31. The minimum Gasteiger partial charge on any atom is -0.351 e. The van der Waals surface area contributed by atoms with Gasteiger partial charge in [0, 0.05) is 11.2 Å². The summed E-state index contributed by atoms with van der Waals surface area (Å²) in [6.07, 6.45) is 3.47. The first-order chi connectivity index (χ1) is 10.6. The molecule has 0 aliphatic carbocycles. The van der Waals surface area contributed by atoms with Crippen molar-refractivity contribution in [3.05, 3.63) is 34.5 Å². The Morgan fingerprint density at radius 2 is 2.30 bits per heavy atom. The summed E-state index contributed by atoms with van der Waals surface area (Å²) in [7, 11) is 0. The monoisotopic (exact) mass is 356 g/mol. The van der Waals surface area contributed by atoms with E-state index in [1.807, 2.05) is 6.92 Å². The third-order valence-electron chi connectivity index (χ3n) is 4.34. The number of hydrogen-bond donors (Lipinski definition) is 2. The second-order valence-corrected chi connectivity index (χ2v) is 7.01. The topological polar surface area (TPSA) is 41.1 Å². The Morgan fingerprint density at radius 3 is 3.04 bits per heavy atom. The lowest BCUT2D eigenvalue weighted by molar-refractivity contribution is 0.0954. The molecule has 2 N–H and O–H groups in total. The second-order valence-electron chi connectivity index (χ2n) is 5.95. The van der Waals surface area contributed by atoms with Crippen LogP contribution in [0.2, 0.25) is 0 Å². The normalized spacial score (nSPS) is 17.7. The number of thiophene rings is 1. The van der Waals surface area contributed by atoms with Crippen molar-refractivity contribution in [3.63, 3.8) is 0 Å². The number of carbonyl (C=O) groups excluding carboxylic acids is 1. The molecule has 1 fully saturated rings. The first-order valence-electron chi connectivity index (χ1n) is 7.82. The van der Waals surface area contributed by atoms with Crippen molar-refractivity contribution in [3.8, 4) is 0 Å². The van der Waals surface area contributed by atoms with Gasteiger partial charge in [0.05, 0.1) is 4.88 Å². The molecule has 1 unspecified atom stereocenters. The van der Waals surface area contributed by atoms with E-state index in [9.17, 15) is 9.18 Å². The summed E-state index contributed by atoms with van der Waals surface area (Å²) in [4.78, 5) is 13.0. The molecule has 0 bridgehead atoms. The van der Waals surface area contributed by atoms with Gasteiger partial charge in [0.15, 0.2) is 0 Å². The highest BCUT2D eigenvalue weighted by molar-refractivity contribution is 7.21. The third-order valence-corrected chi connectivity index (χ3v) is 5.61. The van der Waals surface area contributed by atoms with E-state index in [-0.39, 0.29) is 24.1 Å². The molecular weight excluding hydrogens is 335 g/mol. The average Bonchev–Trinajstić information content (AvgIpc) is 2.85. The Labute approximate surface area is 146 Å². The average molecular weight is 357 g/mol. The van der Waals surface area contributed by atoms with Crippen LogP contribution < -0.4 is 10.6 Å². The summed E-state index contributed by atoms with van der Waals surface area (Å²) in [6, 6.07) is 4.69. The summed E-state index contributed by atoms with van der Waals surface area (Å²) in [6.45, 7) is 4.75. The van der Waals surface area contributed by atoms with Gasteiger partial charge in [-0.25, -0.2) is 4.39 Å². The lowest BCUT2D eigenvalue weighted by Crippen LogP contribution is -2.33. The molecule has 1 aromatic carbocycles. The highest BCUT2D eigenvalue weighted by Gasteiger charge is 2.17. The Hall–Kier alpha value is -1.17. The van der Waals surface area contributed by atoms with Crippen molar-refractivity contribution >= 4 is 39.7 Å². The second kappa shape index (κ2) is 8.08. The molecule has 2 heterocycles. The number of halogens is 2. The SMILES string of the molecule is Cc1c(C(=O)NCCC2CCCNC2)sc2ccc(F)cc12.Cl. The van der Waals surface area contributed by atoms with Gasteiger partial charge in [-0.05, 0) is 74.3 Å². The molecule has 6 heteroatoms. The number of benzene rings is 1. The fraction of sp³-hybridized carbons (Fsp3) is 0.471. The van der Waals surface area contributed by atoms with E-state index in [0.717, 1.165) is 35.2 Å². The molecule has 1 aliphatic rings. The van der Waals surface area contributed by atoms with Crippen molar-refractivity contribution in [2.75, 3.05) is 19.6 Å². The minimum absolute atomic E-state index is 0. The predicted molar refractivity (Wildman–Crippen MR) is 96.3 cm³/mol. The molecule has 1 amide bonds. The maximum atomic E-state index is 13.3. The first-order valence-corrected chi connectivity index (χ1v) is 8.64. The van der Waals surface area contributed by atoms with Gasteiger partial charge in [-0.2, -0.15) is 0 Å². The van der Waals surface area contributed by atoms with Crippen molar-refractivity contribution in [1.29, 1.82) is 0 Å². The molecule has 23 heavy (non-hydrogen) atoms. The zero-order valence-corrected chi connectivity index (χ0v) is 14.8. The molecule has 1 aliphatic heterocycles. The van der Waals surface area contributed by atoms with E-state index in [2.05, 4.69) is 10.6 Å².